The highest BCUT2D eigenvalue weighted by Crippen LogP contribution is 2.39. The molecule has 3 nitrogen and oxygen atoms in total. The van der Waals surface area contributed by atoms with Gasteiger partial charge in [0.2, 0.25) is 0 Å². The summed E-state index contributed by atoms with van der Waals surface area (Å²) in [5.41, 5.74) is 5.97. The molecule has 140 valence electrons. The number of anilines is 3. The lowest BCUT2D eigenvalue weighted by atomic mass is 9.99. The van der Waals surface area contributed by atoms with Crippen LogP contribution in [0.25, 0.3) is 10.8 Å². The predicted molar refractivity (Wildman–Crippen MR) is 119 cm³/mol. The summed E-state index contributed by atoms with van der Waals surface area (Å²) in [4.78, 5) is 2.23. The van der Waals surface area contributed by atoms with Crippen LogP contribution in [-0.4, -0.2) is 24.8 Å². The minimum atomic E-state index is 0.0362. The molecule has 1 aliphatic heterocycles. The minimum absolute atomic E-state index is 0.0362. The average Bonchev–Trinajstić information content (AvgIpc) is 2.68. The normalized spacial score (nSPS) is 13.3. The standard InChI is InChI=1S/C22H23Cl2N3/c1-15-14-17(27(12-10-23)13-11-24)8-9-18(15)22-25-19-6-2-4-16-5-3-7-20(26-22)21(16)19/h2-9,14,22,25-26H,10-13H2,1H3. The van der Waals surface area contributed by atoms with Crippen LogP contribution in [0.3, 0.4) is 0 Å². The molecule has 1 heterocycles. The molecule has 3 aromatic rings. The summed E-state index contributed by atoms with van der Waals surface area (Å²) < 4.78 is 0. The van der Waals surface area contributed by atoms with E-state index in [0.717, 1.165) is 18.8 Å². The largest absolute Gasteiger partial charge is 0.369 e. The third-order valence-corrected chi connectivity index (χ3v) is 5.48. The van der Waals surface area contributed by atoms with E-state index in [2.05, 4.69) is 77.1 Å². The van der Waals surface area contributed by atoms with Crippen molar-refractivity contribution in [2.24, 2.45) is 0 Å². The second-order valence-corrected chi connectivity index (χ2v) is 7.59. The Bertz CT molecular complexity index is 911. The smallest absolute Gasteiger partial charge is 0.123 e. The molecule has 0 fully saturated rings. The fourth-order valence-electron chi connectivity index (χ4n) is 3.84. The molecule has 5 heteroatoms. The molecule has 0 bridgehead atoms. The van der Waals surface area contributed by atoms with Gasteiger partial charge in [0.05, 0.1) is 0 Å². The molecule has 0 aliphatic carbocycles. The van der Waals surface area contributed by atoms with E-state index >= 15 is 0 Å². The Morgan fingerprint density at radius 1 is 0.889 bits per heavy atom. The van der Waals surface area contributed by atoms with E-state index in [-0.39, 0.29) is 6.17 Å². The lowest BCUT2D eigenvalue weighted by Crippen LogP contribution is -2.28. The van der Waals surface area contributed by atoms with Crippen molar-refractivity contribution in [2.45, 2.75) is 13.1 Å². The molecule has 27 heavy (non-hydrogen) atoms. The number of aryl methyl sites for hydroxylation is 1. The topological polar surface area (TPSA) is 27.3 Å². The Morgan fingerprint density at radius 2 is 1.52 bits per heavy atom. The summed E-state index contributed by atoms with van der Waals surface area (Å²) in [6.07, 6.45) is 0.0362. The van der Waals surface area contributed by atoms with E-state index in [1.54, 1.807) is 0 Å². The zero-order chi connectivity index (χ0) is 18.8. The number of rotatable bonds is 6. The van der Waals surface area contributed by atoms with Crippen molar-refractivity contribution in [1.29, 1.82) is 0 Å². The Hall–Kier alpha value is -2.10. The van der Waals surface area contributed by atoms with Gasteiger partial charge in [-0.2, -0.15) is 0 Å². The van der Waals surface area contributed by atoms with Crippen LogP contribution in [0, 0.1) is 6.92 Å². The molecule has 2 N–H and O–H groups in total. The van der Waals surface area contributed by atoms with E-state index < -0.39 is 0 Å². The quantitative estimate of drug-likeness (QED) is 0.500. The van der Waals surface area contributed by atoms with Crippen LogP contribution in [-0.2, 0) is 0 Å². The molecule has 0 saturated heterocycles. The summed E-state index contributed by atoms with van der Waals surface area (Å²) in [7, 11) is 0. The first-order valence-corrected chi connectivity index (χ1v) is 10.3. The predicted octanol–water partition coefficient (Wildman–Crippen LogP) is 5.97. The summed E-state index contributed by atoms with van der Waals surface area (Å²) in [5.74, 6) is 1.18. The molecular weight excluding hydrogens is 377 g/mol. The maximum absolute atomic E-state index is 5.96. The van der Waals surface area contributed by atoms with Crippen molar-refractivity contribution >= 4 is 51.0 Å². The zero-order valence-corrected chi connectivity index (χ0v) is 16.8. The van der Waals surface area contributed by atoms with Crippen LogP contribution in [0.15, 0.2) is 54.6 Å². The summed E-state index contributed by atoms with van der Waals surface area (Å²) in [5, 5.41) is 9.80. The maximum atomic E-state index is 5.96. The highest BCUT2D eigenvalue weighted by molar-refractivity contribution is 6.18. The molecule has 3 aromatic carbocycles. The van der Waals surface area contributed by atoms with Gasteiger partial charge < -0.3 is 15.5 Å². The van der Waals surface area contributed by atoms with Gasteiger partial charge in [-0.3, -0.25) is 0 Å². The fraction of sp³-hybridized carbons (Fsp3) is 0.273. The van der Waals surface area contributed by atoms with Gasteiger partial charge in [-0.25, -0.2) is 0 Å². The first-order valence-electron chi connectivity index (χ1n) is 9.23. The van der Waals surface area contributed by atoms with Gasteiger partial charge in [0.25, 0.3) is 0 Å². The third-order valence-electron chi connectivity index (χ3n) is 5.14. The van der Waals surface area contributed by atoms with Gasteiger partial charge >= 0.3 is 0 Å². The lowest BCUT2D eigenvalue weighted by Gasteiger charge is -2.31. The Balaban J connectivity index is 1.65. The van der Waals surface area contributed by atoms with Crippen molar-refractivity contribution in [2.75, 3.05) is 40.4 Å². The van der Waals surface area contributed by atoms with E-state index in [9.17, 15) is 0 Å². The SMILES string of the molecule is Cc1cc(N(CCCl)CCCl)ccc1C1Nc2cccc3cccc(c23)N1. The first-order chi connectivity index (χ1) is 13.2. The monoisotopic (exact) mass is 399 g/mol. The van der Waals surface area contributed by atoms with Crippen LogP contribution in [0.2, 0.25) is 0 Å². The number of benzene rings is 3. The van der Waals surface area contributed by atoms with Crippen LogP contribution in [0.5, 0.6) is 0 Å². The second-order valence-electron chi connectivity index (χ2n) is 6.84. The summed E-state index contributed by atoms with van der Waals surface area (Å²) in [6, 6.07) is 19.4. The molecular formula is C22H23Cl2N3. The maximum Gasteiger partial charge on any atom is 0.123 e. The molecule has 0 radical (unpaired) electrons. The van der Waals surface area contributed by atoms with E-state index in [0.29, 0.717) is 11.8 Å². The minimum Gasteiger partial charge on any atom is -0.369 e. The van der Waals surface area contributed by atoms with Crippen molar-refractivity contribution in [3.05, 3.63) is 65.7 Å². The lowest BCUT2D eigenvalue weighted by molar-refractivity contribution is 0.861. The number of alkyl halides is 2. The van der Waals surface area contributed by atoms with Gasteiger partial charge in [-0.15, -0.1) is 23.2 Å². The summed E-state index contributed by atoms with van der Waals surface area (Å²) >= 11 is 11.9. The zero-order valence-electron chi connectivity index (χ0n) is 15.3. The van der Waals surface area contributed by atoms with Crippen molar-refractivity contribution < 1.29 is 0 Å². The number of nitrogens with zero attached hydrogens (tertiary/aromatic N) is 1. The van der Waals surface area contributed by atoms with Gasteiger partial charge in [0, 0.05) is 47.3 Å². The van der Waals surface area contributed by atoms with E-state index in [1.165, 1.54) is 33.3 Å². The van der Waals surface area contributed by atoms with Gasteiger partial charge in [0.1, 0.15) is 6.17 Å². The van der Waals surface area contributed by atoms with Crippen molar-refractivity contribution in [1.82, 2.24) is 0 Å². The van der Waals surface area contributed by atoms with Gasteiger partial charge in [-0.1, -0.05) is 30.3 Å². The number of hydrogen-bond donors (Lipinski definition) is 2. The van der Waals surface area contributed by atoms with Crippen molar-refractivity contribution in [3.63, 3.8) is 0 Å². The van der Waals surface area contributed by atoms with Crippen LogP contribution in [0.1, 0.15) is 17.3 Å². The molecule has 0 spiro atoms. The van der Waals surface area contributed by atoms with E-state index in [1.807, 2.05) is 0 Å². The fourth-order valence-corrected chi connectivity index (χ4v) is 4.25. The van der Waals surface area contributed by atoms with Crippen LogP contribution in [0.4, 0.5) is 17.1 Å². The van der Waals surface area contributed by atoms with Crippen LogP contribution < -0.4 is 15.5 Å². The molecule has 0 saturated carbocycles. The molecule has 0 atom stereocenters. The Kier molecular flexibility index (Phi) is 5.33. The highest BCUT2D eigenvalue weighted by Gasteiger charge is 2.21. The molecule has 0 aromatic heterocycles. The van der Waals surface area contributed by atoms with Crippen LogP contribution >= 0.6 is 23.2 Å². The number of halogens is 2. The Labute approximate surface area is 170 Å². The molecule has 4 rings (SSSR count). The number of hydrogen-bond acceptors (Lipinski definition) is 3. The second kappa shape index (κ2) is 7.87. The molecule has 0 unspecified atom stereocenters. The molecule has 1 aliphatic rings. The molecule has 0 amide bonds. The third kappa shape index (κ3) is 3.54. The highest BCUT2D eigenvalue weighted by atomic mass is 35.5. The number of nitrogens with one attached hydrogen (secondary N) is 2. The van der Waals surface area contributed by atoms with Gasteiger partial charge in [0.15, 0.2) is 0 Å². The Morgan fingerprint density at radius 3 is 2.07 bits per heavy atom. The average molecular weight is 400 g/mol. The van der Waals surface area contributed by atoms with Gasteiger partial charge in [-0.05, 0) is 47.7 Å². The summed E-state index contributed by atoms with van der Waals surface area (Å²) in [6.45, 7) is 3.74. The van der Waals surface area contributed by atoms with E-state index in [4.69, 9.17) is 23.2 Å². The van der Waals surface area contributed by atoms with Crippen molar-refractivity contribution in [3.8, 4) is 0 Å². The first kappa shape index (κ1) is 18.3.